The fourth-order valence-electron chi connectivity index (χ4n) is 3.96. The molecule has 0 bridgehead atoms. The van der Waals surface area contributed by atoms with Gasteiger partial charge in [-0.1, -0.05) is 31.2 Å². The van der Waals surface area contributed by atoms with Crippen molar-refractivity contribution in [3.63, 3.8) is 0 Å². The molecule has 7 heteroatoms. The standard InChI is InChI=1S/C20H27N3O4/c1-11(2)9-17(18(24)21-10-16-12(3)22-27-13(16)4)23-19(25)14-7-5-6-8-15(14)20(23)26/h5-6,11,14-15,17H,7-10H2,1-4H3,(H,21,24). The van der Waals surface area contributed by atoms with Crippen LogP contribution in [0, 0.1) is 31.6 Å². The molecule has 2 aliphatic rings. The van der Waals surface area contributed by atoms with Gasteiger partial charge in [0.25, 0.3) is 0 Å². The Morgan fingerprint density at radius 1 is 1.22 bits per heavy atom. The largest absolute Gasteiger partial charge is 0.361 e. The normalized spacial score (nSPS) is 23.1. The smallest absolute Gasteiger partial charge is 0.243 e. The highest BCUT2D eigenvalue weighted by Gasteiger charge is 2.51. The quantitative estimate of drug-likeness (QED) is 0.610. The van der Waals surface area contributed by atoms with Gasteiger partial charge in [0.1, 0.15) is 11.8 Å². The van der Waals surface area contributed by atoms with Crippen molar-refractivity contribution in [3.8, 4) is 0 Å². The predicted molar refractivity (Wildman–Crippen MR) is 98.3 cm³/mol. The lowest BCUT2D eigenvalue weighted by molar-refractivity contribution is -0.148. The molecule has 1 saturated heterocycles. The van der Waals surface area contributed by atoms with E-state index in [0.717, 1.165) is 11.3 Å². The summed E-state index contributed by atoms with van der Waals surface area (Å²) in [4.78, 5) is 40.0. The minimum atomic E-state index is -0.781. The molecule has 3 amide bonds. The van der Waals surface area contributed by atoms with Crippen LogP contribution in [0.4, 0.5) is 0 Å². The van der Waals surface area contributed by atoms with Crippen LogP contribution in [0.25, 0.3) is 0 Å². The number of hydrogen-bond acceptors (Lipinski definition) is 5. The van der Waals surface area contributed by atoms with Gasteiger partial charge in [-0.15, -0.1) is 0 Å². The van der Waals surface area contributed by atoms with Gasteiger partial charge in [-0.3, -0.25) is 19.3 Å². The van der Waals surface area contributed by atoms with Gasteiger partial charge in [-0.05, 0) is 39.0 Å². The van der Waals surface area contributed by atoms with Gasteiger partial charge >= 0.3 is 0 Å². The number of carbonyl (C=O) groups excluding carboxylic acids is 3. The van der Waals surface area contributed by atoms with Crippen molar-refractivity contribution in [1.29, 1.82) is 0 Å². The van der Waals surface area contributed by atoms with E-state index < -0.39 is 6.04 Å². The van der Waals surface area contributed by atoms with Gasteiger partial charge in [0.15, 0.2) is 0 Å². The van der Waals surface area contributed by atoms with E-state index in [1.54, 1.807) is 6.92 Å². The molecule has 1 aliphatic carbocycles. The molecule has 1 aromatic heterocycles. The Labute approximate surface area is 159 Å². The van der Waals surface area contributed by atoms with E-state index in [1.165, 1.54) is 4.90 Å². The number of hydrogen-bond donors (Lipinski definition) is 1. The highest BCUT2D eigenvalue weighted by atomic mass is 16.5. The first kappa shape index (κ1) is 19.3. The molecule has 1 aromatic rings. The minimum absolute atomic E-state index is 0.168. The van der Waals surface area contributed by atoms with E-state index in [9.17, 15) is 14.4 Å². The van der Waals surface area contributed by atoms with Crippen LogP contribution >= 0.6 is 0 Å². The zero-order valence-corrected chi connectivity index (χ0v) is 16.3. The average Bonchev–Trinajstić information content (AvgIpc) is 3.08. The van der Waals surface area contributed by atoms with Crippen molar-refractivity contribution in [2.45, 2.75) is 59.5 Å². The summed E-state index contributed by atoms with van der Waals surface area (Å²) in [6.07, 6.45) is 5.48. The van der Waals surface area contributed by atoms with E-state index in [4.69, 9.17) is 4.52 Å². The Bertz CT molecular complexity index is 735. The molecule has 0 spiro atoms. The molecule has 1 N–H and O–H groups in total. The summed E-state index contributed by atoms with van der Waals surface area (Å²) in [7, 11) is 0. The van der Waals surface area contributed by atoms with E-state index >= 15 is 0 Å². The summed E-state index contributed by atoms with van der Waals surface area (Å²) in [5.74, 6) is -0.572. The molecule has 27 heavy (non-hydrogen) atoms. The first-order valence-electron chi connectivity index (χ1n) is 9.52. The minimum Gasteiger partial charge on any atom is -0.361 e. The molecule has 146 valence electrons. The number of likely N-dealkylation sites (tertiary alicyclic amines) is 1. The van der Waals surface area contributed by atoms with Crippen LogP contribution in [0.1, 0.15) is 50.1 Å². The Morgan fingerprint density at radius 2 is 1.81 bits per heavy atom. The molecule has 1 fully saturated rings. The van der Waals surface area contributed by atoms with E-state index in [-0.39, 0.29) is 42.0 Å². The number of nitrogens with one attached hydrogen (secondary N) is 1. The van der Waals surface area contributed by atoms with Gasteiger partial charge in [0.05, 0.1) is 17.5 Å². The lowest BCUT2D eigenvalue weighted by Gasteiger charge is -2.27. The topological polar surface area (TPSA) is 92.5 Å². The number of imide groups is 1. The maximum atomic E-state index is 13.0. The van der Waals surface area contributed by atoms with Crippen LogP contribution in [0.15, 0.2) is 16.7 Å². The number of nitrogens with zero attached hydrogens (tertiary/aromatic N) is 2. The van der Waals surface area contributed by atoms with E-state index in [1.807, 2.05) is 32.9 Å². The molecule has 3 unspecified atom stereocenters. The van der Waals surface area contributed by atoms with Crippen molar-refractivity contribution < 1.29 is 18.9 Å². The summed E-state index contributed by atoms with van der Waals surface area (Å²) in [6, 6.07) is -0.781. The molecule has 0 saturated carbocycles. The summed E-state index contributed by atoms with van der Waals surface area (Å²) in [5.41, 5.74) is 1.54. The Morgan fingerprint density at radius 3 is 2.30 bits per heavy atom. The second kappa shape index (κ2) is 7.66. The number of aromatic nitrogens is 1. The van der Waals surface area contributed by atoms with Gasteiger partial charge in [-0.2, -0.15) is 0 Å². The average molecular weight is 373 g/mol. The number of amides is 3. The monoisotopic (exact) mass is 373 g/mol. The number of aryl methyl sites for hydroxylation is 2. The van der Waals surface area contributed by atoms with E-state index in [2.05, 4.69) is 10.5 Å². The third kappa shape index (κ3) is 3.68. The third-order valence-electron chi connectivity index (χ3n) is 5.47. The molecule has 1 aliphatic heterocycles. The molecule has 3 rings (SSSR count). The maximum Gasteiger partial charge on any atom is 0.243 e. The van der Waals surface area contributed by atoms with Gasteiger partial charge in [-0.25, -0.2) is 0 Å². The van der Waals surface area contributed by atoms with E-state index in [0.29, 0.717) is 25.0 Å². The van der Waals surface area contributed by atoms with Gasteiger partial charge in [0, 0.05) is 12.1 Å². The van der Waals surface area contributed by atoms with Crippen molar-refractivity contribution in [1.82, 2.24) is 15.4 Å². The summed E-state index contributed by atoms with van der Waals surface area (Å²) in [6.45, 7) is 7.83. The molecule has 7 nitrogen and oxygen atoms in total. The molecular weight excluding hydrogens is 346 g/mol. The lowest BCUT2D eigenvalue weighted by Crippen LogP contribution is -2.50. The highest BCUT2D eigenvalue weighted by molar-refractivity contribution is 6.08. The zero-order chi connectivity index (χ0) is 19.7. The van der Waals surface area contributed by atoms with Crippen LogP contribution in [0.3, 0.4) is 0 Å². The second-order valence-electron chi connectivity index (χ2n) is 7.87. The maximum absolute atomic E-state index is 13.0. The summed E-state index contributed by atoms with van der Waals surface area (Å²) in [5, 5.41) is 6.76. The second-order valence-corrected chi connectivity index (χ2v) is 7.87. The molecule has 0 radical (unpaired) electrons. The first-order valence-corrected chi connectivity index (χ1v) is 9.52. The number of rotatable bonds is 6. The SMILES string of the molecule is Cc1noc(C)c1CNC(=O)C(CC(C)C)N1C(=O)C2CC=CCC2C1=O. The van der Waals surface area contributed by atoms with Crippen LogP contribution in [0.5, 0.6) is 0 Å². The predicted octanol–water partition coefficient (Wildman–Crippen LogP) is 2.27. The molecular formula is C20H27N3O4. The van der Waals surface area contributed by atoms with Gasteiger partial charge in [0.2, 0.25) is 17.7 Å². The van der Waals surface area contributed by atoms with Crippen molar-refractivity contribution in [2.24, 2.45) is 17.8 Å². The van der Waals surface area contributed by atoms with Crippen LogP contribution in [-0.4, -0.2) is 33.8 Å². The Kier molecular flexibility index (Phi) is 5.48. The van der Waals surface area contributed by atoms with Crippen LogP contribution in [-0.2, 0) is 20.9 Å². The lowest BCUT2D eigenvalue weighted by atomic mass is 9.85. The summed E-state index contributed by atoms with van der Waals surface area (Å²) < 4.78 is 5.12. The zero-order valence-electron chi connectivity index (χ0n) is 16.3. The number of fused-ring (bicyclic) bond motifs is 1. The Balaban J connectivity index is 1.78. The van der Waals surface area contributed by atoms with Crippen LogP contribution < -0.4 is 5.32 Å². The first-order chi connectivity index (χ1) is 12.8. The highest BCUT2D eigenvalue weighted by Crippen LogP contribution is 2.37. The molecule has 2 heterocycles. The van der Waals surface area contributed by atoms with Crippen molar-refractivity contribution in [3.05, 3.63) is 29.2 Å². The third-order valence-corrected chi connectivity index (χ3v) is 5.47. The fourth-order valence-corrected chi connectivity index (χ4v) is 3.96. The number of allylic oxidation sites excluding steroid dienone is 2. The molecule has 0 aromatic carbocycles. The number of carbonyl (C=O) groups is 3. The van der Waals surface area contributed by atoms with Crippen LogP contribution in [0.2, 0.25) is 0 Å². The Hall–Kier alpha value is -2.44. The molecule has 3 atom stereocenters. The van der Waals surface area contributed by atoms with Crippen molar-refractivity contribution in [2.75, 3.05) is 0 Å². The fraction of sp³-hybridized carbons (Fsp3) is 0.600. The van der Waals surface area contributed by atoms with Gasteiger partial charge < -0.3 is 9.84 Å². The summed E-state index contributed by atoms with van der Waals surface area (Å²) >= 11 is 0. The van der Waals surface area contributed by atoms with Crippen molar-refractivity contribution >= 4 is 17.7 Å².